The molecule has 0 spiro atoms. The fraction of sp³-hybridized carbons (Fsp3) is 0.611. The smallest absolute Gasteiger partial charge is 0.426 e. The summed E-state index contributed by atoms with van der Waals surface area (Å²) in [6, 6.07) is 1.65. The Kier molecular flexibility index (Phi) is 23.2. The zero-order valence-electron chi connectivity index (χ0n) is 49.5. The van der Waals surface area contributed by atoms with Gasteiger partial charge in [-0.2, -0.15) is 79.0 Å². The number of pyridine rings is 3. The van der Waals surface area contributed by atoms with Crippen molar-refractivity contribution >= 4 is 29.5 Å². The molecule has 9 N–H and O–H groups in total. The van der Waals surface area contributed by atoms with Crippen LogP contribution in [0.2, 0.25) is 0 Å². The maximum atomic E-state index is 13.6. The fourth-order valence-corrected chi connectivity index (χ4v) is 9.80. The number of ether oxygens (including phenoxy) is 3. The minimum Gasteiger partial charge on any atom is -0.474 e. The first-order valence-corrected chi connectivity index (χ1v) is 28.6. The highest BCUT2D eigenvalue weighted by Crippen LogP contribution is 2.49. The lowest BCUT2D eigenvalue weighted by atomic mass is 9.94. The van der Waals surface area contributed by atoms with E-state index in [1.807, 2.05) is 0 Å². The summed E-state index contributed by atoms with van der Waals surface area (Å²) in [7, 11) is 0. The summed E-state index contributed by atoms with van der Waals surface area (Å²) in [6.45, 7) is 5.10. The molecule has 524 valence electrons. The van der Waals surface area contributed by atoms with E-state index in [0.29, 0.717) is 56.7 Å². The van der Waals surface area contributed by atoms with E-state index in [1.54, 1.807) is 20.8 Å². The van der Waals surface area contributed by atoms with Crippen LogP contribution >= 0.6 is 12.4 Å². The van der Waals surface area contributed by atoms with Crippen molar-refractivity contribution in [2.24, 2.45) is 0 Å². The van der Waals surface area contributed by atoms with Gasteiger partial charge in [-0.3, -0.25) is 0 Å². The highest BCUT2D eigenvalue weighted by Gasteiger charge is 2.61. The van der Waals surface area contributed by atoms with Crippen molar-refractivity contribution < 1.29 is 122 Å². The number of nitrogen functional groups attached to an aromatic ring is 3. The van der Waals surface area contributed by atoms with Gasteiger partial charge < -0.3 is 60.0 Å². The maximum Gasteiger partial charge on any atom is 0.426 e. The Morgan fingerprint density at radius 1 is 0.394 bits per heavy atom. The Hall–Kier alpha value is -7.42. The quantitative estimate of drug-likeness (QED) is 0.0897. The minimum atomic E-state index is -5.12. The standard InChI is InChI=1S/3C18H20F6N4O3.ClH/c3*1-2-9-6-4-3-5-7-16(29,18(22,23)24)15-28-27-14(31-15)12-11(25)8-10(17(19,20)21)13(26-12)30-9;/h3*8-9,29H,2-7,25H2,1H3;1H/t3*9?,16-;/m111./s1. The lowest BCUT2D eigenvalue weighted by Gasteiger charge is -2.27. The molecule has 0 radical (unpaired) electrons. The predicted octanol–water partition coefficient (Wildman–Crippen LogP) is 14.2. The minimum absolute atomic E-state index is 0. The van der Waals surface area contributed by atoms with Crippen LogP contribution in [-0.4, -0.2) is 97.7 Å². The van der Waals surface area contributed by atoms with Crippen LogP contribution in [-0.2, 0) is 35.3 Å². The molecule has 40 heteroatoms. The van der Waals surface area contributed by atoms with E-state index < -0.39 is 195 Å². The first-order valence-electron chi connectivity index (χ1n) is 28.6. The molecule has 21 nitrogen and oxygen atoms in total. The number of halogens is 19. The lowest BCUT2D eigenvalue weighted by molar-refractivity contribution is -0.277. The van der Waals surface area contributed by atoms with E-state index in [0.717, 1.165) is 0 Å². The molecule has 94 heavy (non-hydrogen) atoms. The molecule has 0 saturated carbocycles. The Morgan fingerprint density at radius 3 is 0.830 bits per heavy atom. The van der Waals surface area contributed by atoms with Crippen LogP contribution in [0.25, 0.3) is 34.8 Å². The van der Waals surface area contributed by atoms with Crippen LogP contribution in [0.5, 0.6) is 17.6 Å². The zero-order valence-corrected chi connectivity index (χ0v) is 50.3. The molecule has 0 aliphatic carbocycles. The van der Waals surface area contributed by atoms with Gasteiger partial charge in [0, 0.05) is 0 Å². The van der Waals surface area contributed by atoms with E-state index in [2.05, 4.69) is 45.5 Å². The second-order valence-electron chi connectivity index (χ2n) is 21.9. The number of aromatic nitrogens is 9. The topological polar surface area (TPSA) is 322 Å². The van der Waals surface area contributed by atoms with E-state index in [4.69, 9.17) is 44.7 Å². The summed E-state index contributed by atoms with van der Waals surface area (Å²) < 4.78 is 275. The van der Waals surface area contributed by atoms with Gasteiger partial charge in [-0.25, -0.2) is 15.0 Å². The Morgan fingerprint density at radius 2 is 0.628 bits per heavy atom. The van der Waals surface area contributed by atoms with Crippen LogP contribution in [0.15, 0.2) is 31.5 Å². The molecule has 0 amide bonds. The van der Waals surface area contributed by atoms with Crippen molar-refractivity contribution in [2.45, 2.75) is 209 Å². The summed E-state index contributed by atoms with van der Waals surface area (Å²) in [6.07, 6.45) is -30.3. The molecular weight excluding hydrogens is 1340 g/mol. The van der Waals surface area contributed by atoms with Crippen LogP contribution in [0.3, 0.4) is 0 Å². The van der Waals surface area contributed by atoms with Gasteiger partial charge in [-0.15, -0.1) is 43.0 Å². The number of rotatable bonds is 3. The molecular formula is C54H61ClF18N12O9. The highest BCUT2D eigenvalue weighted by atomic mass is 35.5. The largest absolute Gasteiger partial charge is 0.474 e. The number of nitrogens with zero attached hydrogens (tertiary/aromatic N) is 9. The van der Waals surface area contributed by atoms with Gasteiger partial charge in [0.2, 0.25) is 34.4 Å². The molecule has 9 heterocycles. The summed E-state index contributed by atoms with van der Waals surface area (Å²) in [5.74, 6) is -7.77. The van der Waals surface area contributed by atoms with Gasteiger partial charge >= 0.3 is 37.1 Å². The van der Waals surface area contributed by atoms with Gasteiger partial charge in [0.1, 0.15) is 35.0 Å². The van der Waals surface area contributed by atoms with Crippen molar-refractivity contribution in [1.29, 1.82) is 0 Å². The van der Waals surface area contributed by atoms with E-state index >= 15 is 0 Å². The van der Waals surface area contributed by atoms with Crippen LogP contribution in [0.1, 0.15) is 171 Å². The summed E-state index contributed by atoms with van der Waals surface area (Å²) in [5.41, 5.74) is -0.0211. The van der Waals surface area contributed by atoms with Gasteiger partial charge in [-0.1, -0.05) is 40.0 Å². The first-order chi connectivity index (χ1) is 43.1. The number of fused-ring (bicyclic) bond motifs is 15. The molecule has 3 unspecified atom stereocenters. The van der Waals surface area contributed by atoms with E-state index in [1.165, 1.54) is 0 Å². The number of hydrogen-bond donors (Lipinski definition) is 6. The maximum absolute atomic E-state index is 13.6. The zero-order chi connectivity index (χ0) is 69.1. The van der Waals surface area contributed by atoms with Gasteiger partial charge in [-0.05, 0) is 115 Å². The van der Waals surface area contributed by atoms with Crippen molar-refractivity contribution in [3.63, 3.8) is 0 Å². The first kappa shape index (κ1) is 75.6. The second-order valence-corrected chi connectivity index (χ2v) is 21.9. The molecule has 0 aromatic carbocycles. The van der Waals surface area contributed by atoms with Crippen molar-refractivity contribution in [3.05, 3.63) is 52.6 Å². The average molecular weight is 1400 g/mol. The number of aliphatic hydroxyl groups is 3. The predicted molar refractivity (Wildman–Crippen MR) is 291 cm³/mol. The van der Waals surface area contributed by atoms with Gasteiger partial charge in [0.25, 0.3) is 35.3 Å². The SMILES string of the molecule is CCC1CCCCC[C@](O)(C(F)(F)F)c2nnc(o2)-c2nc(c(C(F)(F)F)cc2N)O1.CCC1CCCCC[C@](O)(C(F)(F)F)c2nnc(o2)-c2nc(c(C(F)(F)F)cc2N)O1.CCC1CCCCC[C@](O)(C(F)(F)F)c2nnc(o2)-c2nc(c(C(F)(F)F)cc2N)O1.Cl. The Labute approximate surface area is 526 Å². The van der Waals surface area contributed by atoms with Gasteiger partial charge in [0.05, 0.1) is 17.1 Å². The number of anilines is 3. The molecule has 0 saturated heterocycles. The molecule has 6 aromatic rings. The van der Waals surface area contributed by atoms with Crippen LogP contribution in [0.4, 0.5) is 96.1 Å². The molecule has 0 fully saturated rings. The molecule has 9 rings (SSSR count). The normalized spacial score (nSPS) is 22.9. The van der Waals surface area contributed by atoms with Crippen molar-refractivity contribution in [1.82, 2.24) is 45.5 Å². The lowest BCUT2D eigenvalue weighted by Crippen LogP contribution is -2.42. The Balaban J connectivity index is 0.000000222. The molecule has 6 aromatic heterocycles. The van der Waals surface area contributed by atoms with E-state index in [-0.39, 0.29) is 70.2 Å². The summed E-state index contributed by atoms with van der Waals surface area (Å²) >= 11 is 0. The van der Waals surface area contributed by atoms with E-state index in [9.17, 15) is 94.3 Å². The van der Waals surface area contributed by atoms with Crippen molar-refractivity contribution in [2.75, 3.05) is 17.2 Å². The average Bonchev–Trinajstić information content (AvgIpc) is 1.55. The molecule has 3 aliphatic heterocycles. The van der Waals surface area contributed by atoms with Crippen molar-refractivity contribution in [3.8, 4) is 52.4 Å². The highest BCUT2D eigenvalue weighted by molar-refractivity contribution is 5.85. The number of alkyl halides is 18. The molecule has 6 atom stereocenters. The molecule has 12 bridgehead atoms. The Bertz CT molecular complexity index is 3150. The number of nitrogens with two attached hydrogens (primary N) is 3. The van der Waals surface area contributed by atoms with Crippen LogP contribution < -0.4 is 31.4 Å². The fourth-order valence-electron chi connectivity index (χ4n) is 9.80. The third-order valence-electron chi connectivity index (χ3n) is 15.2. The van der Waals surface area contributed by atoms with Crippen LogP contribution in [0, 0.1) is 0 Å². The third-order valence-corrected chi connectivity index (χ3v) is 15.2. The summed E-state index contributed by atoms with van der Waals surface area (Å²) in [4.78, 5) is 11.3. The molecule has 3 aliphatic rings. The number of hydrogen-bond acceptors (Lipinski definition) is 21. The third kappa shape index (κ3) is 16.8. The second kappa shape index (κ2) is 28.9. The summed E-state index contributed by atoms with van der Waals surface area (Å²) in [5, 5.41) is 51.1. The monoisotopic (exact) mass is 1400 g/mol. The van der Waals surface area contributed by atoms with Gasteiger partial charge in [0.15, 0.2) is 17.1 Å².